The fourth-order valence-corrected chi connectivity index (χ4v) is 2.06. The highest BCUT2D eigenvalue weighted by molar-refractivity contribution is 5.76. The van der Waals surface area contributed by atoms with Gasteiger partial charge in [-0.05, 0) is 59.9 Å². The minimum atomic E-state index is -0.0410. The molecule has 0 radical (unpaired) electrons. The number of nitrogens with two attached hydrogens (primary N) is 1. The van der Waals surface area contributed by atoms with Crippen molar-refractivity contribution in [2.45, 2.75) is 44.2 Å². The van der Waals surface area contributed by atoms with Crippen LogP contribution in [0.1, 0.15) is 32.1 Å². The van der Waals surface area contributed by atoms with Gasteiger partial charge in [-0.1, -0.05) is 0 Å². The van der Waals surface area contributed by atoms with Crippen molar-refractivity contribution in [2.75, 3.05) is 40.8 Å². The molecule has 0 heterocycles. The van der Waals surface area contributed by atoms with Gasteiger partial charge in [0.25, 0.3) is 0 Å². The molecule has 0 rings (SSSR count). The van der Waals surface area contributed by atoms with Crippen molar-refractivity contribution >= 4 is 5.91 Å². The molecule has 2 atom stereocenters. The molecule has 0 bridgehead atoms. The smallest absolute Gasteiger partial charge is 0.221 e. The van der Waals surface area contributed by atoms with E-state index in [1.165, 1.54) is 0 Å². The van der Waals surface area contributed by atoms with Crippen molar-refractivity contribution < 1.29 is 4.79 Å². The number of rotatable bonds is 13. The first-order valence-corrected chi connectivity index (χ1v) is 7.62. The lowest BCUT2D eigenvalue weighted by Gasteiger charge is -2.18. The highest BCUT2D eigenvalue weighted by Gasteiger charge is 2.11. The second kappa shape index (κ2) is 13.3. The zero-order valence-corrected chi connectivity index (χ0v) is 13.3. The Hall–Kier alpha value is -0.690. The van der Waals surface area contributed by atoms with Gasteiger partial charge in [-0.15, -0.1) is 0 Å². The molecule has 0 fully saturated rings. The highest BCUT2D eigenvalue weighted by Crippen LogP contribution is 1.99. The van der Waals surface area contributed by atoms with Gasteiger partial charge in [0.15, 0.2) is 0 Å². The van der Waals surface area contributed by atoms with Crippen LogP contribution in [0.25, 0.3) is 0 Å². The summed E-state index contributed by atoms with van der Waals surface area (Å²) in [4.78, 5) is 11.8. The van der Waals surface area contributed by atoms with Gasteiger partial charge in [-0.3, -0.25) is 4.79 Å². The number of carbonyl (C=O) groups is 1. The summed E-state index contributed by atoms with van der Waals surface area (Å²) in [6, 6.07) is 0.286. The summed E-state index contributed by atoms with van der Waals surface area (Å²) in [5.74, 6) is 0.0517. The summed E-state index contributed by atoms with van der Waals surface area (Å²) in [5.41, 5.74) is 5.94. The monoisotopic (exact) mass is 287 g/mol. The normalized spacial score (nSPS) is 14.0. The standard InChI is InChI=1S/C14H33N5O/c1-16-8-4-6-12(15)10-14(20)19-11-13(18-3)7-5-9-17-2/h12-13,16-18H,4-11,15H2,1-3H3,(H,19,20)/t12-,13-/m0/s1. The van der Waals surface area contributed by atoms with Crippen molar-refractivity contribution in [3.8, 4) is 0 Å². The molecule has 0 unspecified atom stereocenters. The summed E-state index contributed by atoms with van der Waals surface area (Å²) >= 11 is 0. The molecule has 6 N–H and O–H groups in total. The molecule has 20 heavy (non-hydrogen) atoms. The van der Waals surface area contributed by atoms with E-state index in [1.54, 1.807) is 0 Å². The summed E-state index contributed by atoms with van der Waals surface area (Å²) in [6.07, 6.45) is 4.45. The Morgan fingerprint density at radius 3 is 2.20 bits per heavy atom. The third kappa shape index (κ3) is 11.2. The van der Waals surface area contributed by atoms with Gasteiger partial charge in [0.1, 0.15) is 0 Å². The fraction of sp³-hybridized carbons (Fsp3) is 0.929. The first kappa shape index (κ1) is 19.3. The van der Waals surface area contributed by atoms with E-state index < -0.39 is 0 Å². The first-order chi connectivity index (χ1) is 9.63. The summed E-state index contributed by atoms with van der Waals surface area (Å²) in [6.45, 7) is 2.62. The summed E-state index contributed by atoms with van der Waals surface area (Å²) in [7, 11) is 5.80. The second-order valence-corrected chi connectivity index (χ2v) is 5.25. The van der Waals surface area contributed by atoms with E-state index in [9.17, 15) is 4.79 Å². The minimum Gasteiger partial charge on any atom is -0.354 e. The molecule has 0 aromatic heterocycles. The van der Waals surface area contributed by atoms with E-state index in [2.05, 4.69) is 21.3 Å². The highest BCUT2D eigenvalue weighted by atomic mass is 16.1. The predicted octanol–water partition coefficient (Wildman–Crippen LogP) is -0.593. The number of hydrogen-bond acceptors (Lipinski definition) is 5. The Labute approximate surface area is 123 Å². The average Bonchev–Trinajstić information content (AvgIpc) is 2.43. The van der Waals surface area contributed by atoms with E-state index >= 15 is 0 Å². The van der Waals surface area contributed by atoms with Crippen LogP contribution in [0.5, 0.6) is 0 Å². The lowest BCUT2D eigenvalue weighted by molar-refractivity contribution is -0.121. The van der Waals surface area contributed by atoms with Gasteiger partial charge in [-0.25, -0.2) is 0 Å². The summed E-state index contributed by atoms with van der Waals surface area (Å²) < 4.78 is 0. The Balaban J connectivity index is 3.72. The van der Waals surface area contributed by atoms with E-state index in [1.807, 2.05) is 21.1 Å². The molecule has 0 aliphatic carbocycles. The molecule has 0 aliphatic heterocycles. The predicted molar refractivity (Wildman–Crippen MR) is 84.8 cm³/mol. The number of hydrogen-bond donors (Lipinski definition) is 5. The maximum absolute atomic E-state index is 11.8. The molecule has 0 aliphatic rings. The van der Waals surface area contributed by atoms with Crippen LogP contribution in [-0.4, -0.2) is 58.8 Å². The van der Waals surface area contributed by atoms with Crippen LogP contribution in [-0.2, 0) is 4.79 Å². The summed E-state index contributed by atoms with van der Waals surface area (Å²) in [5, 5.41) is 12.4. The molecule has 6 heteroatoms. The molecule has 1 amide bonds. The van der Waals surface area contributed by atoms with Crippen LogP contribution in [0.4, 0.5) is 0 Å². The van der Waals surface area contributed by atoms with Gasteiger partial charge >= 0.3 is 0 Å². The molecular weight excluding hydrogens is 254 g/mol. The van der Waals surface area contributed by atoms with Crippen molar-refractivity contribution in [1.29, 1.82) is 0 Å². The molecule has 0 saturated heterocycles. The Bertz CT molecular complexity index is 238. The van der Waals surface area contributed by atoms with Crippen molar-refractivity contribution in [1.82, 2.24) is 21.3 Å². The van der Waals surface area contributed by atoms with Gasteiger partial charge in [-0.2, -0.15) is 0 Å². The number of likely N-dealkylation sites (N-methyl/N-ethyl adjacent to an activating group) is 1. The van der Waals surface area contributed by atoms with Gasteiger partial charge < -0.3 is 27.0 Å². The van der Waals surface area contributed by atoms with E-state index in [0.717, 1.165) is 38.8 Å². The van der Waals surface area contributed by atoms with Crippen molar-refractivity contribution in [3.63, 3.8) is 0 Å². The fourth-order valence-electron chi connectivity index (χ4n) is 2.06. The van der Waals surface area contributed by atoms with Crippen molar-refractivity contribution in [3.05, 3.63) is 0 Å². The molecule has 0 spiro atoms. The molecule has 120 valence electrons. The van der Waals surface area contributed by atoms with Crippen molar-refractivity contribution in [2.24, 2.45) is 5.73 Å². The third-order valence-electron chi connectivity index (χ3n) is 3.38. The minimum absolute atomic E-state index is 0.0410. The van der Waals surface area contributed by atoms with Crippen LogP contribution in [0.2, 0.25) is 0 Å². The number of carbonyl (C=O) groups excluding carboxylic acids is 1. The SMILES string of the molecule is CNCCC[C@H](N)CC(=O)NC[C@H](CCCNC)NC. The Morgan fingerprint density at radius 2 is 1.65 bits per heavy atom. The van der Waals surface area contributed by atoms with Gasteiger partial charge in [0, 0.05) is 25.0 Å². The lowest BCUT2D eigenvalue weighted by atomic mass is 10.1. The molecular formula is C14H33N5O. The third-order valence-corrected chi connectivity index (χ3v) is 3.38. The second-order valence-electron chi connectivity index (χ2n) is 5.25. The van der Waals surface area contributed by atoms with Gasteiger partial charge in [0.05, 0.1) is 0 Å². The van der Waals surface area contributed by atoms with Crippen LogP contribution in [0, 0.1) is 0 Å². The maximum Gasteiger partial charge on any atom is 0.221 e. The molecule has 0 aromatic rings. The van der Waals surface area contributed by atoms with E-state index in [-0.39, 0.29) is 11.9 Å². The topological polar surface area (TPSA) is 91.2 Å². The van der Waals surface area contributed by atoms with Crippen LogP contribution < -0.4 is 27.0 Å². The zero-order chi connectivity index (χ0) is 15.2. The Kier molecular flexibility index (Phi) is 12.8. The largest absolute Gasteiger partial charge is 0.354 e. The van der Waals surface area contributed by atoms with Crippen LogP contribution in [0.15, 0.2) is 0 Å². The molecule has 0 saturated carbocycles. The number of nitrogens with one attached hydrogen (secondary N) is 4. The van der Waals surface area contributed by atoms with Crippen LogP contribution in [0.3, 0.4) is 0 Å². The molecule has 6 nitrogen and oxygen atoms in total. The lowest BCUT2D eigenvalue weighted by Crippen LogP contribution is -2.41. The average molecular weight is 287 g/mol. The Morgan fingerprint density at radius 1 is 1.05 bits per heavy atom. The van der Waals surface area contributed by atoms with Gasteiger partial charge in [0.2, 0.25) is 5.91 Å². The van der Waals surface area contributed by atoms with Crippen LogP contribution >= 0.6 is 0 Å². The van der Waals surface area contributed by atoms with E-state index in [0.29, 0.717) is 19.0 Å². The first-order valence-electron chi connectivity index (χ1n) is 7.62. The number of amides is 1. The maximum atomic E-state index is 11.8. The quantitative estimate of drug-likeness (QED) is 0.292. The van der Waals surface area contributed by atoms with E-state index in [4.69, 9.17) is 5.73 Å². The zero-order valence-electron chi connectivity index (χ0n) is 13.3. The molecule has 0 aromatic carbocycles.